The number of ether oxygens (including phenoxy) is 1. The fraction of sp³-hybridized carbons (Fsp3) is 0.364. The molecule has 2 aromatic carbocycles. The minimum atomic E-state index is -0.640. The number of piperazine rings is 1. The van der Waals surface area contributed by atoms with Gasteiger partial charge in [0.25, 0.3) is 0 Å². The molecule has 1 aromatic heterocycles. The number of carbonyl (C=O) groups excluding carboxylic acids is 1. The summed E-state index contributed by atoms with van der Waals surface area (Å²) in [5.41, 5.74) is 0.203. The maximum Gasteiger partial charge on any atom is 0.222 e. The fourth-order valence-electron chi connectivity index (χ4n) is 3.47. The van der Waals surface area contributed by atoms with Crippen molar-refractivity contribution in [2.45, 2.75) is 17.7 Å². The van der Waals surface area contributed by atoms with Crippen molar-refractivity contribution in [3.63, 3.8) is 0 Å². The van der Waals surface area contributed by atoms with E-state index in [2.05, 4.69) is 4.98 Å². The second kappa shape index (κ2) is 9.82. The smallest absolute Gasteiger partial charge is 0.222 e. The Bertz CT molecular complexity index is 1050. The first-order valence-electron chi connectivity index (χ1n) is 10.1. The van der Waals surface area contributed by atoms with Gasteiger partial charge < -0.3 is 14.5 Å². The minimum absolute atomic E-state index is 0.160. The van der Waals surface area contributed by atoms with Gasteiger partial charge in [-0.15, -0.1) is 11.8 Å². The molecule has 0 radical (unpaired) electrons. The molecule has 4 rings (SSSR count). The average molecular weight is 464 g/mol. The highest BCUT2D eigenvalue weighted by Gasteiger charge is 2.23. The molecule has 5 nitrogen and oxygen atoms in total. The van der Waals surface area contributed by atoms with Crippen LogP contribution in [0.4, 0.5) is 13.9 Å². The number of benzene rings is 2. The summed E-state index contributed by atoms with van der Waals surface area (Å²) in [6.07, 6.45) is 1.34. The molecular formula is C22H23F2N3O2S2. The summed E-state index contributed by atoms with van der Waals surface area (Å²) in [4.78, 5) is 21.9. The second-order valence-corrected chi connectivity index (χ2v) is 9.40. The normalized spacial score (nSPS) is 14.3. The highest BCUT2D eigenvalue weighted by atomic mass is 32.2. The third kappa shape index (κ3) is 5.27. The van der Waals surface area contributed by atoms with Crippen LogP contribution in [0.2, 0.25) is 0 Å². The lowest BCUT2D eigenvalue weighted by atomic mass is 10.2. The zero-order chi connectivity index (χ0) is 21.8. The Hall–Kier alpha value is -2.39. The number of carbonyl (C=O) groups is 1. The van der Waals surface area contributed by atoms with E-state index < -0.39 is 11.6 Å². The molecule has 1 aliphatic heterocycles. The number of hydrogen-bond donors (Lipinski definition) is 0. The standard InChI is InChI=1S/C22H23F2N3O2S2/c1-29-16-4-6-17(7-5-16)30-12-2-3-20(28)26-8-10-27(11-9-26)22-25-21-18(24)13-15(23)14-19(21)31-22/h4-7,13-14H,2-3,8-12H2,1H3. The van der Waals surface area contributed by atoms with E-state index in [4.69, 9.17) is 4.74 Å². The second-order valence-electron chi connectivity index (χ2n) is 7.23. The fourth-order valence-corrected chi connectivity index (χ4v) is 5.38. The van der Waals surface area contributed by atoms with E-state index in [-0.39, 0.29) is 11.4 Å². The molecule has 0 atom stereocenters. The Morgan fingerprint density at radius 3 is 2.61 bits per heavy atom. The number of hydrogen-bond acceptors (Lipinski definition) is 6. The van der Waals surface area contributed by atoms with Crippen LogP contribution in [0.1, 0.15) is 12.8 Å². The Kier molecular flexibility index (Phi) is 6.92. The van der Waals surface area contributed by atoms with Crippen molar-refractivity contribution in [2.24, 2.45) is 0 Å². The highest BCUT2D eigenvalue weighted by molar-refractivity contribution is 7.99. The number of aromatic nitrogens is 1. The molecule has 1 amide bonds. The van der Waals surface area contributed by atoms with E-state index in [0.29, 0.717) is 42.4 Å². The topological polar surface area (TPSA) is 45.7 Å². The van der Waals surface area contributed by atoms with E-state index >= 15 is 0 Å². The van der Waals surface area contributed by atoms with Gasteiger partial charge in [-0.3, -0.25) is 4.79 Å². The lowest BCUT2D eigenvalue weighted by molar-refractivity contribution is -0.131. The first-order valence-corrected chi connectivity index (χ1v) is 11.9. The third-order valence-corrected chi connectivity index (χ3v) is 7.33. The van der Waals surface area contributed by atoms with Crippen molar-refractivity contribution in [1.29, 1.82) is 0 Å². The largest absolute Gasteiger partial charge is 0.497 e. The molecular weight excluding hydrogens is 440 g/mol. The minimum Gasteiger partial charge on any atom is -0.497 e. The van der Waals surface area contributed by atoms with Gasteiger partial charge in [-0.25, -0.2) is 13.8 Å². The van der Waals surface area contributed by atoms with Crippen LogP contribution in [0.3, 0.4) is 0 Å². The lowest BCUT2D eigenvalue weighted by Gasteiger charge is -2.34. The predicted molar refractivity (Wildman–Crippen MR) is 121 cm³/mol. The predicted octanol–water partition coefficient (Wildman–Crippen LogP) is 4.80. The summed E-state index contributed by atoms with van der Waals surface area (Å²) < 4.78 is 33.0. The van der Waals surface area contributed by atoms with Gasteiger partial charge in [0.2, 0.25) is 5.91 Å². The van der Waals surface area contributed by atoms with Gasteiger partial charge in [-0.2, -0.15) is 0 Å². The molecule has 9 heteroatoms. The van der Waals surface area contributed by atoms with Gasteiger partial charge in [-0.1, -0.05) is 11.3 Å². The van der Waals surface area contributed by atoms with Crippen molar-refractivity contribution < 1.29 is 18.3 Å². The quantitative estimate of drug-likeness (QED) is 0.372. The van der Waals surface area contributed by atoms with Crippen LogP contribution in [0, 0.1) is 11.6 Å². The van der Waals surface area contributed by atoms with Crippen LogP contribution in [-0.4, -0.2) is 54.8 Å². The summed E-state index contributed by atoms with van der Waals surface area (Å²) in [6.45, 7) is 2.49. The van der Waals surface area contributed by atoms with E-state index in [1.807, 2.05) is 34.1 Å². The summed E-state index contributed by atoms with van der Waals surface area (Å²) in [6, 6.07) is 10.1. The number of methoxy groups -OCH3 is 1. The van der Waals surface area contributed by atoms with Crippen LogP contribution in [0.25, 0.3) is 10.2 Å². The molecule has 1 fully saturated rings. The third-order valence-electron chi connectivity index (χ3n) is 5.17. The van der Waals surface area contributed by atoms with Crippen molar-refractivity contribution in [1.82, 2.24) is 9.88 Å². The van der Waals surface area contributed by atoms with Crippen LogP contribution in [0.15, 0.2) is 41.3 Å². The Labute approximate surface area is 188 Å². The highest BCUT2D eigenvalue weighted by Crippen LogP contribution is 2.31. The Morgan fingerprint density at radius 2 is 1.90 bits per heavy atom. The molecule has 0 spiro atoms. The number of halogens is 2. The van der Waals surface area contributed by atoms with Crippen molar-refractivity contribution in [3.05, 3.63) is 48.0 Å². The maximum atomic E-state index is 13.9. The molecule has 1 aliphatic rings. The van der Waals surface area contributed by atoms with Crippen LogP contribution in [0.5, 0.6) is 5.75 Å². The van der Waals surface area contributed by atoms with Crippen molar-refractivity contribution in [3.8, 4) is 5.75 Å². The molecule has 3 aromatic rings. The first-order chi connectivity index (χ1) is 15.0. The summed E-state index contributed by atoms with van der Waals surface area (Å²) in [5, 5.41) is 0.669. The van der Waals surface area contributed by atoms with Gasteiger partial charge in [0.15, 0.2) is 10.9 Å². The number of amides is 1. The van der Waals surface area contributed by atoms with Crippen LogP contribution < -0.4 is 9.64 Å². The van der Waals surface area contributed by atoms with Gasteiger partial charge >= 0.3 is 0 Å². The molecule has 0 aliphatic carbocycles. The first kappa shape index (κ1) is 21.8. The maximum absolute atomic E-state index is 13.9. The Morgan fingerprint density at radius 1 is 1.16 bits per heavy atom. The monoisotopic (exact) mass is 463 g/mol. The molecule has 2 heterocycles. The number of rotatable bonds is 7. The lowest BCUT2D eigenvalue weighted by Crippen LogP contribution is -2.48. The number of fused-ring (bicyclic) bond motifs is 1. The van der Waals surface area contributed by atoms with Crippen LogP contribution in [-0.2, 0) is 4.79 Å². The van der Waals surface area contributed by atoms with E-state index in [1.165, 1.54) is 17.4 Å². The summed E-state index contributed by atoms with van der Waals surface area (Å²) >= 11 is 3.01. The van der Waals surface area contributed by atoms with Gasteiger partial charge in [0.1, 0.15) is 17.1 Å². The van der Waals surface area contributed by atoms with Crippen molar-refractivity contribution >= 4 is 44.4 Å². The Balaban J connectivity index is 1.23. The van der Waals surface area contributed by atoms with Crippen LogP contribution >= 0.6 is 23.1 Å². The zero-order valence-electron chi connectivity index (χ0n) is 17.1. The van der Waals surface area contributed by atoms with E-state index in [0.717, 1.165) is 28.9 Å². The van der Waals surface area contributed by atoms with Crippen molar-refractivity contribution in [2.75, 3.05) is 43.9 Å². The molecule has 0 saturated carbocycles. The van der Waals surface area contributed by atoms with E-state index in [1.54, 1.807) is 18.9 Å². The average Bonchev–Trinajstić information content (AvgIpc) is 3.21. The number of thiazole rings is 1. The molecule has 0 unspecified atom stereocenters. The zero-order valence-corrected chi connectivity index (χ0v) is 18.8. The number of thioether (sulfide) groups is 1. The SMILES string of the molecule is COc1ccc(SCCCC(=O)N2CCN(c3nc4c(F)cc(F)cc4s3)CC2)cc1. The summed E-state index contributed by atoms with van der Waals surface area (Å²) in [5.74, 6) is 0.639. The molecule has 0 bridgehead atoms. The molecule has 31 heavy (non-hydrogen) atoms. The van der Waals surface area contributed by atoms with Gasteiger partial charge in [0.05, 0.1) is 11.8 Å². The van der Waals surface area contributed by atoms with Gasteiger partial charge in [0, 0.05) is 43.6 Å². The number of nitrogens with zero attached hydrogens (tertiary/aromatic N) is 3. The number of anilines is 1. The molecule has 164 valence electrons. The summed E-state index contributed by atoms with van der Waals surface area (Å²) in [7, 11) is 1.65. The van der Waals surface area contributed by atoms with Gasteiger partial charge in [-0.05, 0) is 42.5 Å². The van der Waals surface area contributed by atoms with E-state index in [9.17, 15) is 13.6 Å². The molecule has 1 saturated heterocycles. The molecule has 0 N–H and O–H groups in total.